The Bertz CT molecular complexity index is 799. The van der Waals surface area contributed by atoms with Gasteiger partial charge in [-0.3, -0.25) is 9.98 Å². The maximum absolute atomic E-state index is 5.69. The van der Waals surface area contributed by atoms with E-state index >= 15 is 0 Å². The van der Waals surface area contributed by atoms with Crippen molar-refractivity contribution in [3.8, 4) is 5.75 Å². The lowest BCUT2D eigenvalue weighted by atomic mass is 9.94. The Morgan fingerprint density at radius 2 is 2.20 bits per heavy atom. The van der Waals surface area contributed by atoms with Crippen LogP contribution in [-0.4, -0.2) is 34.0 Å². The molecule has 0 spiro atoms. The summed E-state index contributed by atoms with van der Waals surface area (Å²) in [6.45, 7) is 2.25. The Kier molecular flexibility index (Phi) is 4.73. The number of benzene rings is 1. The molecule has 1 aromatic heterocycles. The van der Waals surface area contributed by atoms with Crippen LogP contribution in [-0.2, 0) is 0 Å². The van der Waals surface area contributed by atoms with Gasteiger partial charge in [-0.25, -0.2) is 0 Å². The minimum absolute atomic E-state index is 0.0127. The van der Waals surface area contributed by atoms with Crippen LogP contribution in [0.15, 0.2) is 52.1 Å². The second-order valence-electron chi connectivity index (χ2n) is 6.22. The van der Waals surface area contributed by atoms with Crippen LogP contribution in [0.25, 0.3) is 0 Å². The topological polar surface area (TPSA) is 37.7 Å². The molecule has 130 valence electrons. The molecular weight excluding hydrogens is 398 g/mol. The van der Waals surface area contributed by atoms with E-state index in [1.54, 1.807) is 7.11 Å². The van der Waals surface area contributed by atoms with Crippen LogP contribution in [0.1, 0.15) is 36.7 Å². The highest BCUT2D eigenvalue weighted by molar-refractivity contribution is 9.10. The summed E-state index contributed by atoms with van der Waals surface area (Å²) >= 11 is 5.48. The smallest absolute Gasteiger partial charge is 0.160 e. The number of hydrogen-bond donors (Lipinski definition) is 0. The molecule has 1 fully saturated rings. The molecule has 3 heterocycles. The number of aliphatic imine (C=N–C) groups is 1. The Hall–Kier alpha value is -1.53. The fraction of sp³-hybridized carbons (Fsp3) is 0.368. The third-order valence-corrected chi connectivity index (χ3v) is 6.46. The van der Waals surface area contributed by atoms with Crippen LogP contribution >= 0.6 is 27.7 Å². The van der Waals surface area contributed by atoms with Crippen molar-refractivity contribution < 1.29 is 4.74 Å². The first-order valence-corrected chi connectivity index (χ1v) is 10.2. The molecule has 0 amide bonds. The van der Waals surface area contributed by atoms with Crippen molar-refractivity contribution >= 4 is 32.9 Å². The number of amidine groups is 1. The minimum atomic E-state index is -0.0127. The first-order valence-electron chi connectivity index (χ1n) is 8.46. The summed E-state index contributed by atoms with van der Waals surface area (Å²) in [4.78, 5) is 12.1. The van der Waals surface area contributed by atoms with Crippen molar-refractivity contribution in [3.63, 3.8) is 0 Å². The molecule has 0 N–H and O–H groups in total. The third-order valence-electron chi connectivity index (χ3n) is 4.84. The van der Waals surface area contributed by atoms with E-state index < -0.39 is 0 Å². The zero-order valence-corrected chi connectivity index (χ0v) is 16.6. The van der Waals surface area contributed by atoms with E-state index in [2.05, 4.69) is 44.9 Å². The maximum Gasteiger partial charge on any atom is 0.160 e. The average molecular weight is 418 g/mol. The van der Waals surface area contributed by atoms with E-state index in [0.29, 0.717) is 6.04 Å². The Morgan fingerprint density at radius 1 is 1.32 bits per heavy atom. The molecule has 0 radical (unpaired) electrons. The number of thioether (sulfide) groups is 1. The summed E-state index contributed by atoms with van der Waals surface area (Å²) in [5.41, 5.74) is 2.17. The molecule has 2 aromatic rings. The lowest BCUT2D eigenvalue weighted by Crippen LogP contribution is -2.35. The van der Waals surface area contributed by atoms with Crippen LogP contribution in [0.2, 0.25) is 0 Å². The standard InChI is InChI=1S/C19H20BrN3OS/c1-3-13-11-25-19-22-17(15-6-4-5-9-21-15)18(23(13)19)14-10-12(20)7-8-16(14)24-2/h4-10,13,17-18H,3,11H2,1-2H3/t13-,17+,18+/m0/s1. The highest BCUT2D eigenvalue weighted by atomic mass is 79.9. The molecule has 3 atom stereocenters. The van der Waals surface area contributed by atoms with Crippen LogP contribution in [0.3, 0.4) is 0 Å². The fourth-order valence-electron chi connectivity index (χ4n) is 3.62. The zero-order chi connectivity index (χ0) is 17.4. The van der Waals surface area contributed by atoms with Crippen LogP contribution in [0.4, 0.5) is 0 Å². The predicted molar refractivity (Wildman–Crippen MR) is 106 cm³/mol. The summed E-state index contributed by atoms with van der Waals surface area (Å²) in [5.74, 6) is 1.99. The summed E-state index contributed by atoms with van der Waals surface area (Å²) in [7, 11) is 1.73. The number of fused-ring (bicyclic) bond motifs is 1. The normalized spacial score (nSPS) is 25.0. The maximum atomic E-state index is 5.69. The van der Waals surface area contributed by atoms with Crippen molar-refractivity contribution in [1.82, 2.24) is 9.88 Å². The van der Waals surface area contributed by atoms with Crippen LogP contribution < -0.4 is 4.74 Å². The highest BCUT2D eigenvalue weighted by Gasteiger charge is 2.46. The van der Waals surface area contributed by atoms with Gasteiger partial charge in [0.05, 0.1) is 18.8 Å². The van der Waals surface area contributed by atoms with Crippen LogP contribution in [0.5, 0.6) is 5.75 Å². The Morgan fingerprint density at radius 3 is 2.92 bits per heavy atom. The molecule has 4 rings (SSSR count). The van der Waals surface area contributed by atoms with Crippen LogP contribution in [0, 0.1) is 0 Å². The van der Waals surface area contributed by atoms with Gasteiger partial charge in [-0.15, -0.1) is 0 Å². The largest absolute Gasteiger partial charge is 0.496 e. The van der Waals surface area contributed by atoms with Gasteiger partial charge in [-0.2, -0.15) is 0 Å². The summed E-state index contributed by atoms with van der Waals surface area (Å²) < 4.78 is 6.74. The molecule has 4 nitrogen and oxygen atoms in total. The van der Waals surface area contributed by atoms with Crippen molar-refractivity contribution in [2.75, 3.05) is 12.9 Å². The SMILES string of the molecule is CC[C@H]1CSC2=N[C@H](c3ccccn3)[C@@H](c3cc(Br)ccc3OC)N21. The Balaban J connectivity index is 1.85. The third kappa shape index (κ3) is 2.95. The highest BCUT2D eigenvalue weighted by Crippen LogP contribution is 2.50. The van der Waals surface area contributed by atoms with Gasteiger partial charge in [-0.05, 0) is 36.8 Å². The molecule has 25 heavy (non-hydrogen) atoms. The monoisotopic (exact) mass is 417 g/mol. The molecule has 0 saturated carbocycles. The lowest BCUT2D eigenvalue weighted by molar-refractivity contribution is 0.249. The number of pyridine rings is 1. The average Bonchev–Trinajstić information content (AvgIpc) is 3.21. The zero-order valence-electron chi connectivity index (χ0n) is 14.2. The van der Waals surface area contributed by atoms with Gasteiger partial charge in [0.1, 0.15) is 11.8 Å². The van der Waals surface area contributed by atoms with Crippen molar-refractivity contribution in [1.29, 1.82) is 0 Å². The van der Waals surface area contributed by atoms with Gasteiger partial charge in [0.15, 0.2) is 5.17 Å². The molecule has 1 aromatic carbocycles. The number of hydrogen-bond acceptors (Lipinski definition) is 5. The Labute approximate surface area is 160 Å². The number of methoxy groups -OCH3 is 1. The van der Waals surface area contributed by atoms with Gasteiger partial charge in [-0.1, -0.05) is 40.7 Å². The number of nitrogens with zero attached hydrogens (tertiary/aromatic N) is 3. The summed E-state index contributed by atoms with van der Waals surface area (Å²) in [5, 5.41) is 1.13. The van der Waals surface area contributed by atoms with Gasteiger partial charge in [0.2, 0.25) is 0 Å². The second-order valence-corrected chi connectivity index (χ2v) is 8.13. The van der Waals surface area contributed by atoms with Crippen molar-refractivity contribution in [2.45, 2.75) is 31.5 Å². The van der Waals surface area contributed by atoms with E-state index in [-0.39, 0.29) is 12.1 Å². The molecule has 0 bridgehead atoms. The van der Waals surface area contributed by atoms with E-state index in [1.807, 2.05) is 42.2 Å². The lowest BCUT2D eigenvalue weighted by Gasteiger charge is -2.32. The van der Waals surface area contributed by atoms with E-state index in [9.17, 15) is 0 Å². The molecule has 2 aliphatic heterocycles. The molecule has 1 saturated heterocycles. The first-order chi connectivity index (χ1) is 12.2. The number of rotatable bonds is 4. The number of aromatic nitrogens is 1. The van der Waals surface area contributed by atoms with E-state index in [0.717, 1.165) is 38.8 Å². The van der Waals surface area contributed by atoms with Gasteiger partial charge in [0, 0.05) is 28.0 Å². The minimum Gasteiger partial charge on any atom is -0.496 e. The second kappa shape index (κ2) is 7.00. The molecule has 0 aliphatic carbocycles. The molecule has 2 aliphatic rings. The number of ether oxygens (including phenoxy) is 1. The summed E-state index contributed by atoms with van der Waals surface area (Å²) in [6.07, 6.45) is 2.95. The first kappa shape index (κ1) is 16.9. The van der Waals surface area contributed by atoms with Gasteiger partial charge >= 0.3 is 0 Å². The summed E-state index contributed by atoms with van der Waals surface area (Å²) in [6, 6.07) is 12.8. The van der Waals surface area contributed by atoms with E-state index in [1.165, 1.54) is 0 Å². The van der Waals surface area contributed by atoms with E-state index in [4.69, 9.17) is 9.73 Å². The molecule has 6 heteroatoms. The predicted octanol–water partition coefficient (Wildman–Crippen LogP) is 4.83. The number of halogens is 1. The van der Waals surface area contributed by atoms with Crippen molar-refractivity contribution in [3.05, 3.63) is 58.3 Å². The van der Waals surface area contributed by atoms with Gasteiger partial charge in [0.25, 0.3) is 0 Å². The molecule has 0 unspecified atom stereocenters. The molecular formula is C19H20BrN3OS. The van der Waals surface area contributed by atoms with Gasteiger partial charge < -0.3 is 9.64 Å². The fourth-order valence-corrected chi connectivity index (χ4v) is 5.34. The van der Waals surface area contributed by atoms with Crippen molar-refractivity contribution in [2.24, 2.45) is 4.99 Å². The quantitative estimate of drug-likeness (QED) is 0.713.